The second kappa shape index (κ2) is 6.75. The molecule has 0 aliphatic carbocycles. The number of carbonyl (C=O) groups is 4. The summed E-state index contributed by atoms with van der Waals surface area (Å²) in [5.41, 5.74) is 3.68. The minimum absolute atomic E-state index is 0.00656. The number of carboxylic acids is 1. The summed E-state index contributed by atoms with van der Waals surface area (Å²) < 4.78 is 5.03. The van der Waals surface area contributed by atoms with E-state index in [1.807, 2.05) is 0 Å². The predicted octanol–water partition coefficient (Wildman–Crippen LogP) is 1.28. The molecule has 134 valence electrons. The highest BCUT2D eigenvalue weighted by Gasteiger charge is 2.34. The third kappa shape index (κ3) is 4.43. The number of carboxylic acid groups (broad SMARTS) is 1. The number of anilines is 2. The number of hydrogen-bond donors (Lipinski definition) is 3. The topological polar surface area (TPSA) is 138 Å². The molecular formula is C15H18N4O6. The predicted molar refractivity (Wildman–Crippen MR) is 85.9 cm³/mol. The number of rotatable bonds is 4. The zero-order valence-electron chi connectivity index (χ0n) is 14.0. The molecule has 1 fully saturated rings. The van der Waals surface area contributed by atoms with E-state index in [-0.39, 0.29) is 30.0 Å². The van der Waals surface area contributed by atoms with Crippen molar-refractivity contribution in [2.75, 3.05) is 10.3 Å². The monoisotopic (exact) mass is 350 g/mol. The van der Waals surface area contributed by atoms with Gasteiger partial charge in [0.1, 0.15) is 17.0 Å². The molecule has 2 rings (SSSR count). The smallest absolute Gasteiger partial charge is 0.426 e. The van der Waals surface area contributed by atoms with Gasteiger partial charge in [0.2, 0.25) is 11.8 Å². The van der Waals surface area contributed by atoms with Crippen LogP contribution in [0.25, 0.3) is 0 Å². The van der Waals surface area contributed by atoms with Crippen molar-refractivity contribution in [3.8, 4) is 0 Å². The summed E-state index contributed by atoms with van der Waals surface area (Å²) in [6, 6.07) is 2.47. The van der Waals surface area contributed by atoms with Gasteiger partial charge in [-0.05, 0) is 32.9 Å². The van der Waals surface area contributed by atoms with Crippen LogP contribution >= 0.6 is 0 Å². The first-order valence-corrected chi connectivity index (χ1v) is 7.43. The summed E-state index contributed by atoms with van der Waals surface area (Å²) in [6.45, 7) is 5.07. The molecule has 0 unspecified atom stereocenters. The van der Waals surface area contributed by atoms with Crippen molar-refractivity contribution in [2.24, 2.45) is 0 Å². The zero-order valence-corrected chi connectivity index (χ0v) is 14.0. The van der Waals surface area contributed by atoms with Crippen molar-refractivity contribution in [3.63, 3.8) is 0 Å². The Morgan fingerprint density at radius 1 is 1.20 bits per heavy atom. The largest absolute Gasteiger partial charge is 0.478 e. The molecule has 0 saturated carbocycles. The van der Waals surface area contributed by atoms with Crippen LogP contribution in [-0.4, -0.2) is 39.6 Å². The van der Waals surface area contributed by atoms with Crippen molar-refractivity contribution in [1.29, 1.82) is 0 Å². The highest BCUT2D eigenvalue weighted by atomic mass is 16.6. The molecule has 1 saturated heterocycles. The molecule has 0 aromatic carbocycles. The first-order chi connectivity index (χ1) is 11.6. The lowest BCUT2D eigenvalue weighted by Crippen LogP contribution is -2.36. The summed E-state index contributed by atoms with van der Waals surface area (Å²) in [5.74, 6) is -2.65. The highest BCUT2D eigenvalue weighted by Crippen LogP contribution is 2.26. The van der Waals surface area contributed by atoms with Crippen LogP contribution in [0.3, 0.4) is 0 Å². The van der Waals surface area contributed by atoms with Crippen LogP contribution in [0.1, 0.15) is 44.0 Å². The summed E-state index contributed by atoms with van der Waals surface area (Å²) in [4.78, 5) is 51.4. The molecule has 3 N–H and O–H groups in total. The molecule has 1 aliphatic heterocycles. The van der Waals surface area contributed by atoms with Crippen LogP contribution in [-0.2, 0) is 14.3 Å². The van der Waals surface area contributed by atoms with E-state index in [0.717, 1.165) is 4.90 Å². The van der Waals surface area contributed by atoms with Crippen LogP contribution in [0.4, 0.5) is 16.4 Å². The number of amides is 3. The van der Waals surface area contributed by atoms with Gasteiger partial charge in [-0.15, -0.1) is 0 Å². The molecule has 3 amide bonds. The molecule has 25 heavy (non-hydrogen) atoms. The fourth-order valence-corrected chi connectivity index (χ4v) is 2.09. The van der Waals surface area contributed by atoms with Crippen LogP contribution in [0.2, 0.25) is 0 Å². The summed E-state index contributed by atoms with van der Waals surface area (Å²) in [7, 11) is 0. The van der Waals surface area contributed by atoms with Crippen molar-refractivity contribution < 1.29 is 29.0 Å². The average Bonchev–Trinajstić information content (AvgIpc) is 2.82. The molecule has 0 atom stereocenters. The minimum atomic E-state index is -1.33. The zero-order chi connectivity index (χ0) is 18.8. The van der Waals surface area contributed by atoms with E-state index >= 15 is 0 Å². The summed E-state index contributed by atoms with van der Waals surface area (Å²) >= 11 is 0. The van der Waals surface area contributed by atoms with Crippen LogP contribution in [0.15, 0.2) is 12.1 Å². The van der Waals surface area contributed by atoms with Crippen molar-refractivity contribution in [1.82, 2.24) is 10.4 Å². The Labute approximate surface area is 143 Å². The number of aromatic carboxylic acids is 1. The van der Waals surface area contributed by atoms with Gasteiger partial charge in [-0.25, -0.2) is 24.9 Å². The van der Waals surface area contributed by atoms with Gasteiger partial charge in [0, 0.05) is 12.8 Å². The maximum absolute atomic E-state index is 11.9. The normalized spacial score (nSPS) is 14.4. The second-order valence-corrected chi connectivity index (χ2v) is 6.25. The molecule has 0 bridgehead atoms. The molecule has 1 aromatic rings. The molecule has 2 heterocycles. The lowest BCUT2D eigenvalue weighted by atomic mass is 10.2. The van der Waals surface area contributed by atoms with Crippen LogP contribution < -0.4 is 15.8 Å². The number of hydrogen-bond acceptors (Lipinski definition) is 7. The fourth-order valence-electron chi connectivity index (χ4n) is 2.09. The average molecular weight is 350 g/mol. The van der Waals surface area contributed by atoms with E-state index in [4.69, 9.17) is 4.74 Å². The number of imide groups is 1. The van der Waals surface area contributed by atoms with E-state index in [1.54, 1.807) is 20.8 Å². The van der Waals surface area contributed by atoms with E-state index in [9.17, 15) is 24.3 Å². The molecular weight excluding hydrogens is 332 g/mol. The minimum Gasteiger partial charge on any atom is -0.478 e. The van der Waals surface area contributed by atoms with Gasteiger partial charge < -0.3 is 9.84 Å². The Hall–Kier alpha value is -3.17. The highest BCUT2D eigenvalue weighted by molar-refractivity contribution is 6.21. The SMILES string of the molecule is CC(C)(C)OC(=O)NNc1ccc(C(=O)O)c(N2C(=O)CCC2=O)n1. The summed E-state index contributed by atoms with van der Waals surface area (Å²) in [6.07, 6.45) is -0.785. The van der Waals surface area contributed by atoms with E-state index in [0.29, 0.717) is 0 Å². The van der Waals surface area contributed by atoms with E-state index < -0.39 is 29.5 Å². The number of aromatic nitrogens is 1. The standard InChI is InChI=1S/C15H18N4O6/c1-15(2,3)25-14(24)18-17-9-5-4-8(13(22)23)12(16-9)19-10(20)6-7-11(19)21/h4-5H,6-7H2,1-3H3,(H,16,17)(H,18,24)(H,22,23). The van der Waals surface area contributed by atoms with Crippen LogP contribution in [0.5, 0.6) is 0 Å². The van der Waals surface area contributed by atoms with Gasteiger partial charge in [0.15, 0.2) is 5.82 Å². The molecule has 1 aliphatic rings. The Morgan fingerprint density at radius 2 is 1.80 bits per heavy atom. The molecule has 10 heteroatoms. The van der Waals surface area contributed by atoms with Gasteiger partial charge in [0.25, 0.3) is 0 Å². The van der Waals surface area contributed by atoms with Gasteiger partial charge in [0.05, 0.1) is 0 Å². The Bertz CT molecular complexity index is 724. The lowest BCUT2D eigenvalue weighted by molar-refractivity contribution is -0.121. The van der Waals surface area contributed by atoms with Crippen molar-refractivity contribution in [2.45, 2.75) is 39.2 Å². The third-order valence-electron chi connectivity index (χ3n) is 3.06. The van der Waals surface area contributed by atoms with Crippen LogP contribution in [0, 0.1) is 0 Å². The summed E-state index contributed by atoms with van der Waals surface area (Å²) in [5, 5.41) is 9.24. The Balaban J connectivity index is 2.23. The third-order valence-corrected chi connectivity index (χ3v) is 3.06. The van der Waals surface area contributed by atoms with Gasteiger partial charge in [-0.2, -0.15) is 0 Å². The number of nitrogens with zero attached hydrogens (tertiary/aromatic N) is 2. The molecule has 1 aromatic heterocycles. The number of pyridine rings is 1. The van der Waals surface area contributed by atoms with Crippen molar-refractivity contribution in [3.05, 3.63) is 17.7 Å². The number of hydrazine groups is 1. The number of ether oxygens (including phenoxy) is 1. The first kappa shape index (κ1) is 18.2. The maximum Gasteiger partial charge on any atom is 0.426 e. The van der Waals surface area contributed by atoms with E-state index in [1.165, 1.54) is 12.1 Å². The van der Waals surface area contributed by atoms with Gasteiger partial charge in [-0.1, -0.05) is 0 Å². The fraction of sp³-hybridized carbons (Fsp3) is 0.400. The van der Waals surface area contributed by atoms with Crippen molar-refractivity contribution >= 4 is 35.5 Å². The Morgan fingerprint density at radius 3 is 2.32 bits per heavy atom. The Kier molecular flexibility index (Phi) is 4.91. The maximum atomic E-state index is 11.9. The first-order valence-electron chi connectivity index (χ1n) is 7.43. The van der Waals surface area contributed by atoms with Gasteiger partial charge >= 0.3 is 12.1 Å². The van der Waals surface area contributed by atoms with Gasteiger partial charge in [-0.3, -0.25) is 15.0 Å². The second-order valence-electron chi connectivity index (χ2n) is 6.25. The lowest BCUT2D eigenvalue weighted by Gasteiger charge is -2.20. The van der Waals surface area contributed by atoms with E-state index in [2.05, 4.69) is 15.8 Å². The number of carbonyl (C=O) groups excluding carboxylic acids is 3. The quantitative estimate of drug-likeness (QED) is 0.545. The number of nitrogens with one attached hydrogen (secondary N) is 2. The molecule has 10 nitrogen and oxygen atoms in total. The molecule has 0 spiro atoms. The molecule has 0 radical (unpaired) electrons.